The lowest BCUT2D eigenvalue weighted by Crippen LogP contribution is -2.37. The summed E-state index contributed by atoms with van der Waals surface area (Å²) in [7, 11) is 0. The predicted molar refractivity (Wildman–Crippen MR) is 75.8 cm³/mol. The lowest BCUT2D eigenvalue weighted by atomic mass is 10.0. The first-order valence-corrected chi connectivity index (χ1v) is 7.40. The summed E-state index contributed by atoms with van der Waals surface area (Å²) in [5, 5.41) is 10.8. The quantitative estimate of drug-likeness (QED) is 0.893. The topological polar surface area (TPSA) is 23.5 Å². The van der Waals surface area contributed by atoms with Gasteiger partial charge in [-0.1, -0.05) is 32.0 Å². The molecule has 2 atom stereocenters. The van der Waals surface area contributed by atoms with E-state index in [0.29, 0.717) is 5.25 Å². The van der Waals surface area contributed by atoms with Crippen LogP contribution in [0.15, 0.2) is 24.3 Å². The molecule has 1 aromatic rings. The van der Waals surface area contributed by atoms with Crippen molar-refractivity contribution in [3.8, 4) is 0 Å². The van der Waals surface area contributed by atoms with Gasteiger partial charge >= 0.3 is 0 Å². The molecule has 1 aromatic carbocycles. The zero-order chi connectivity index (χ0) is 12.3. The number of rotatable bonds is 3. The molecule has 2 nitrogen and oxygen atoms in total. The Kier molecular flexibility index (Phi) is 4.35. The van der Waals surface area contributed by atoms with Gasteiger partial charge in [0.05, 0.1) is 6.10 Å². The van der Waals surface area contributed by atoms with Crippen molar-refractivity contribution in [3.63, 3.8) is 0 Å². The first-order valence-electron chi connectivity index (χ1n) is 6.36. The Morgan fingerprint density at radius 1 is 1.47 bits per heavy atom. The molecule has 0 saturated carbocycles. The number of thioether (sulfide) groups is 1. The largest absolute Gasteiger partial charge is 0.388 e. The number of nitrogens with zero attached hydrogens (tertiary/aromatic N) is 1. The summed E-state index contributed by atoms with van der Waals surface area (Å²) < 4.78 is 0. The SMILES string of the molecule is CC[C@@H](O)c1ccccc1N1CCSC(C)C1. The lowest BCUT2D eigenvalue weighted by Gasteiger charge is -2.34. The molecule has 2 rings (SSSR count). The second-order valence-corrected chi connectivity index (χ2v) is 6.16. The molecule has 0 bridgehead atoms. The summed E-state index contributed by atoms with van der Waals surface area (Å²) in [5.74, 6) is 1.18. The molecule has 0 radical (unpaired) electrons. The predicted octanol–water partition coefficient (Wildman–Crippen LogP) is 3.07. The van der Waals surface area contributed by atoms with Crippen molar-refractivity contribution in [2.45, 2.75) is 31.6 Å². The van der Waals surface area contributed by atoms with Crippen LogP contribution in [-0.2, 0) is 0 Å². The molecule has 0 aromatic heterocycles. The van der Waals surface area contributed by atoms with E-state index >= 15 is 0 Å². The molecule has 17 heavy (non-hydrogen) atoms. The van der Waals surface area contributed by atoms with Gasteiger partial charge in [0.2, 0.25) is 0 Å². The van der Waals surface area contributed by atoms with Crippen LogP contribution >= 0.6 is 11.8 Å². The van der Waals surface area contributed by atoms with Gasteiger partial charge < -0.3 is 10.0 Å². The fourth-order valence-electron chi connectivity index (χ4n) is 2.31. The third-order valence-electron chi connectivity index (χ3n) is 3.26. The molecule has 94 valence electrons. The number of aliphatic hydroxyl groups excluding tert-OH is 1. The van der Waals surface area contributed by atoms with Crippen LogP contribution in [0.2, 0.25) is 0 Å². The van der Waals surface area contributed by atoms with Gasteiger partial charge in [0.25, 0.3) is 0 Å². The fraction of sp³-hybridized carbons (Fsp3) is 0.571. The average molecular weight is 251 g/mol. The van der Waals surface area contributed by atoms with Crippen LogP contribution in [0.25, 0.3) is 0 Å². The van der Waals surface area contributed by atoms with Crippen LogP contribution in [0.4, 0.5) is 5.69 Å². The first-order chi connectivity index (χ1) is 8.22. The van der Waals surface area contributed by atoms with E-state index in [1.54, 1.807) is 0 Å². The van der Waals surface area contributed by atoms with Gasteiger partial charge in [-0.15, -0.1) is 0 Å². The molecule has 1 aliphatic rings. The fourth-order valence-corrected chi connectivity index (χ4v) is 3.33. The molecule has 3 heteroatoms. The Morgan fingerprint density at radius 2 is 2.24 bits per heavy atom. The number of benzene rings is 1. The lowest BCUT2D eigenvalue weighted by molar-refractivity contribution is 0.174. The molecule has 0 spiro atoms. The van der Waals surface area contributed by atoms with Crippen molar-refractivity contribution in [2.24, 2.45) is 0 Å². The number of hydrogen-bond donors (Lipinski definition) is 1. The first kappa shape index (κ1) is 12.8. The summed E-state index contributed by atoms with van der Waals surface area (Å²) >= 11 is 2.03. The summed E-state index contributed by atoms with van der Waals surface area (Å²) in [6.07, 6.45) is 0.436. The molecule has 1 heterocycles. The van der Waals surface area contributed by atoms with Crippen LogP contribution in [0, 0.1) is 0 Å². The zero-order valence-electron chi connectivity index (χ0n) is 10.6. The number of hydrogen-bond acceptors (Lipinski definition) is 3. The molecule has 0 amide bonds. The van der Waals surface area contributed by atoms with Crippen LogP contribution in [0.5, 0.6) is 0 Å². The zero-order valence-corrected chi connectivity index (χ0v) is 11.4. The van der Waals surface area contributed by atoms with Gasteiger partial charge in [-0.2, -0.15) is 11.8 Å². The Labute approximate surface area is 108 Å². The number of para-hydroxylation sites is 1. The van der Waals surface area contributed by atoms with Gasteiger partial charge in [0.15, 0.2) is 0 Å². The average Bonchev–Trinajstić information content (AvgIpc) is 2.38. The standard InChI is InChI=1S/C14H21NOS/c1-3-14(16)12-6-4-5-7-13(12)15-8-9-17-11(2)10-15/h4-7,11,14,16H,3,8-10H2,1-2H3/t11?,14-/m1/s1. The van der Waals surface area contributed by atoms with E-state index in [4.69, 9.17) is 0 Å². The minimum atomic E-state index is -0.337. The summed E-state index contributed by atoms with van der Waals surface area (Å²) in [4.78, 5) is 2.41. The van der Waals surface area contributed by atoms with E-state index < -0.39 is 0 Å². The van der Waals surface area contributed by atoms with Crippen LogP contribution in [0.3, 0.4) is 0 Å². The molecule has 1 unspecified atom stereocenters. The number of anilines is 1. The summed E-state index contributed by atoms with van der Waals surface area (Å²) in [6, 6.07) is 8.26. The van der Waals surface area contributed by atoms with Gasteiger partial charge in [-0.3, -0.25) is 0 Å². The van der Waals surface area contributed by atoms with Gasteiger partial charge in [0, 0.05) is 35.3 Å². The number of aliphatic hydroxyl groups is 1. The van der Waals surface area contributed by atoms with Gasteiger partial charge in [0.1, 0.15) is 0 Å². The normalized spacial score (nSPS) is 22.5. The van der Waals surface area contributed by atoms with Crippen molar-refractivity contribution in [1.29, 1.82) is 0 Å². The molecule has 0 aliphatic carbocycles. The Hall–Kier alpha value is -0.670. The maximum Gasteiger partial charge on any atom is 0.0807 e. The minimum Gasteiger partial charge on any atom is -0.388 e. The highest BCUT2D eigenvalue weighted by Gasteiger charge is 2.20. The van der Waals surface area contributed by atoms with Crippen LogP contribution in [-0.4, -0.2) is 29.2 Å². The Balaban J connectivity index is 2.24. The minimum absolute atomic E-state index is 0.337. The molecular weight excluding hydrogens is 230 g/mol. The highest BCUT2D eigenvalue weighted by atomic mass is 32.2. The molecule has 1 saturated heterocycles. The highest BCUT2D eigenvalue weighted by Crippen LogP contribution is 2.31. The Morgan fingerprint density at radius 3 is 2.94 bits per heavy atom. The van der Waals surface area contributed by atoms with Crippen LogP contribution < -0.4 is 4.90 Å². The molecule has 1 N–H and O–H groups in total. The van der Waals surface area contributed by atoms with Crippen molar-refractivity contribution in [1.82, 2.24) is 0 Å². The Bertz CT molecular complexity index is 369. The van der Waals surface area contributed by atoms with E-state index in [1.807, 2.05) is 24.8 Å². The molecule has 1 aliphatic heterocycles. The van der Waals surface area contributed by atoms with E-state index in [9.17, 15) is 5.11 Å². The monoisotopic (exact) mass is 251 g/mol. The second-order valence-electron chi connectivity index (χ2n) is 4.61. The van der Waals surface area contributed by atoms with Gasteiger partial charge in [-0.05, 0) is 12.5 Å². The smallest absolute Gasteiger partial charge is 0.0807 e. The van der Waals surface area contributed by atoms with E-state index in [2.05, 4.69) is 30.0 Å². The summed E-state index contributed by atoms with van der Waals surface area (Å²) in [6.45, 7) is 6.46. The third-order valence-corrected chi connectivity index (χ3v) is 4.40. The third kappa shape index (κ3) is 2.96. The van der Waals surface area contributed by atoms with Crippen molar-refractivity contribution in [3.05, 3.63) is 29.8 Å². The van der Waals surface area contributed by atoms with Crippen molar-refractivity contribution < 1.29 is 5.11 Å². The molecular formula is C14H21NOS. The highest BCUT2D eigenvalue weighted by molar-refractivity contribution is 8.00. The van der Waals surface area contributed by atoms with E-state index in [1.165, 1.54) is 11.4 Å². The van der Waals surface area contributed by atoms with Crippen molar-refractivity contribution >= 4 is 17.4 Å². The van der Waals surface area contributed by atoms with E-state index in [-0.39, 0.29) is 6.10 Å². The van der Waals surface area contributed by atoms with Crippen molar-refractivity contribution in [2.75, 3.05) is 23.7 Å². The summed E-state index contributed by atoms with van der Waals surface area (Å²) in [5.41, 5.74) is 2.29. The maximum atomic E-state index is 10.1. The van der Waals surface area contributed by atoms with Crippen LogP contribution in [0.1, 0.15) is 31.9 Å². The van der Waals surface area contributed by atoms with Gasteiger partial charge in [-0.25, -0.2) is 0 Å². The second kappa shape index (κ2) is 5.78. The maximum absolute atomic E-state index is 10.1. The molecule has 1 fully saturated rings. The van der Waals surface area contributed by atoms with E-state index in [0.717, 1.165) is 25.1 Å².